The first kappa shape index (κ1) is 23.3. The van der Waals surface area contributed by atoms with E-state index in [1.165, 1.54) is 25.7 Å². The second kappa shape index (κ2) is 14.9. The normalized spacial score (nSPS) is 12.2. The van der Waals surface area contributed by atoms with Crippen LogP contribution in [0.1, 0.15) is 64.7 Å². The predicted molar refractivity (Wildman–Crippen MR) is 75.9 cm³/mol. The number of hydrogen-bond acceptors (Lipinski definition) is 4. The van der Waals surface area contributed by atoms with Crippen molar-refractivity contribution in [2.75, 3.05) is 12.3 Å². The summed E-state index contributed by atoms with van der Waals surface area (Å²) >= 11 is 0. The van der Waals surface area contributed by atoms with E-state index in [0.29, 0.717) is 25.8 Å². The van der Waals surface area contributed by atoms with E-state index in [1.807, 2.05) is 0 Å². The fourth-order valence-corrected chi connectivity index (χ4v) is 2.30. The molecule has 0 saturated carbocycles. The van der Waals surface area contributed by atoms with Gasteiger partial charge in [0, 0.05) is 6.54 Å². The third-order valence-electron chi connectivity index (χ3n) is 2.84. The van der Waals surface area contributed by atoms with Crippen molar-refractivity contribution in [2.24, 2.45) is 4.99 Å². The Labute approximate surface area is 165 Å². The molecule has 0 unspecified atom stereocenters. The molecule has 0 rings (SSSR count). The number of rotatable bonds is 12. The van der Waals surface area contributed by atoms with Crippen LogP contribution in [-0.4, -0.2) is 31.2 Å². The van der Waals surface area contributed by atoms with Crippen LogP contribution in [0.25, 0.3) is 0 Å². The van der Waals surface area contributed by atoms with Crippen molar-refractivity contribution in [1.29, 1.82) is 0 Å². The van der Waals surface area contributed by atoms with Crippen molar-refractivity contribution < 1.29 is 69.5 Å². The van der Waals surface area contributed by atoms with Gasteiger partial charge in [0.15, 0.2) is 0 Å². The molecule has 20 heavy (non-hydrogen) atoms. The molecule has 0 aromatic rings. The summed E-state index contributed by atoms with van der Waals surface area (Å²) in [6, 6.07) is 0. The van der Waals surface area contributed by atoms with Crippen molar-refractivity contribution in [2.45, 2.75) is 64.7 Å². The van der Waals surface area contributed by atoms with Gasteiger partial charge in [0.2, 0.25) is 0 Å². The molecule has 0 amide bonds. The summed E-state index contributed by atoms with van der Waals surface area (Å²) in [5.74, 6) is -0.351. The zero-order chi connectivity index (χ0) is 14.6. The van der Waals surface area contributed by atoms with Gasteiger partial charge in [-0.15, -0.1) is 0 Å². The Morgan fingerprint density at radius 3 is 2.25 bits per heavy atom. The van der Waals surface area contributed by atoms with Crippen LogP contribution in [0.3, 0.4) is 0 Å². The molecule has 0 aromatic carbocycles. The van der Waals surface area contributed by atoms with Gasteiger partial charge in [0.05, 0.1) is 5.75 Å². The van der Waals surface area contributed by atoms with E-state index in [2.05, 4.69) is 11.9 Å². The number of unbranched alkanes of at least 4 members (excludes halogenated alkanes) is 6. The minimum absolute atomic E-state index is 0. The van der Waals surface area contributed by atoms with Gasteiger partial charge in [-0.3, -0.25) is 4.55 Å². The van der Waals surface area contributed by atoms with Gasteiger partial charge in [-0.05, 0) is 31.6 Å². The Morgan fingerprint density at radius 2 is 1.65 bits per heavy atom. The van der Waals surface area contributed by atoms with Crippen molar-refractivity contribution in [3.8, 4) is 0 Å². The van der Waals surface area contributed by atoms with Crippen LogP contribution >= 0.6 is 0 Å². The van der Waals surface area contributed by atoms with E-state index in [-0.39, 0.29) is 63.0 Å². The molecule has 0 aliphatic carbocycles. The summed E-state index contributed by atoms with van der Waals surface area (Å²) in [5, 5.41) is 11.4. The van der Waals surface area contributed by atoms with Gasteiger partial charge in [-0.25, -0.2) is 0 Å². The van der Waals surface area contributed by atoms with E-state index in [4.69, 9.17) is 4.55 Å². The first-order valence-corrected chi connectivity index (χ1v) is 8.72. The summed E-state index contributed by atoms with van der Waals surface area (Å²) in [6.07, 6.45) is 8.19. The quantitative estimate of drug-likeness (QED) is 0.166. The number of nitrogens with zero attached hydrogens (tertiary/aromatic N) is 1. The minimum atomic E-state index is -3.88. The average molecular weight is 332 g/mol. The van der Waals surface area contributed by atoms with E-state index in [9.17, 15) is 13.5 Å². The molecule has 0 radical (unpaired) electrons. The first-order valence-electron chi connectivity index (χ1n) is 7.11. The van der Waals surface area contributed by atoms with Crippen molar-refractivity contribution >= 4 is 16.0 Å². The molecule has 0 fully saturated rings. The largest absolute Gasteiger partial charge is 1.00 e. The van der Waals surface area contributed by atoms with Crippen LogP contribution in [0.5, 0.6) is 0 Å². The third kappa shape index (κ3) is 19.0. The van der Waals surface area contributed by atoms with E-state index in [1.54, 1.807) is 0 Å². The van der Waals surface area contributed by atoms with Crippen LogP contribution < -0.4 is 56.5 Å². The minimum Gasteiger partial charge on any atom is -0.862 e. The maximum Gasteiger partial charge on any atom is 1.00 e. The van der Waals surface area contributed by atoms with E-state index >= 15 is 0 Å². The Balaban J connectivity index is 0. The number of hydrogen-bond donors (Lipinski definition) is 1. The summed E-state index contributed by atoms with van der Waals surface area (Å²) in [6.45, 7) is 2.52. The number of aliphatic imine (C=N–C) groups is 1. The van der Waals surface area contributed by atoms with E-state index < -0.39 is 10.1 Å². The third-order valence-corrected chi connectivity index (χ3v) is 3.65. The van der Waals surface area contributed by atoms with E-state index in [0.717, 1.165) is 12.8 Å². The molecule has 0 aliphatic heterocycles. The van der Waals surface area contributed by atoms with Gasteiger partial charge in [0.1, 0.15) is 0 Å². The molecule has 0 aliphatic rings. The molecule has 0 atom stereocenters. The Hall–Kier alpha value is 1.02. The second-order valence-corrected chi connectivity index (χ2v) is 6.36. The molecule has 0 aromatic heterocycles. The molecule has 7 heteroatoms. The molecule has 0 heterocycles. The molecular formula is C13H26KNO4S. The van der Waals surface area contributed by atoms with Crippen LogP contribution in [0, 0.1) is 0 Å². The molecule has 0 bridgehead atoms. The average Bonchev–Trinajstić information content (AvgIpc) is 2.31. The molecular weight excluding hydrogens is 305 g/mol. The molecule has 114 valence electrons. The Kier molecular flexibility index (Phi) is 17.4. The summed E-state index contributed by atoms with van der Waals surface area (Å²) in [4.78, 5) is 3.86. The molecule has 1 N–H and O–H groups in total. The standard InChI is InChI=1S/C13H27NO4S.K/c1-2-3-4-5-6-7-10-13(15)14-11-8-9-12-19(16,17)18;/h2-12H2,1H3,(H,14,15)(H,16,17,18);/q;+1/p-1. The monoisotopic (exact) mass is 331 g/mol. The zero-order valence-corrected chi connectivity index (χ0v) is 16.7. The predicted octanol–water partition coefficient (Wildman–Crippen LogP) is -0.832. The fourth-order valence-electron chi connectivity index (χ4n) is 1.74. The molecule has 0 saturated heterocycles. The summed E-state index contributed by atoms with van der Waals surface area (Å²) < 4.78 is 29.4. The van der Waals surface area contributed by atoms with Gasteiger partial charge in [0.25, 0.3) is 10.1 Å². The summed E-state index contributed by atoms with van der Waals surface area (Å²) in [5.41, 5.74) is 0. The topological polar surface area (TPSA) is 89.8 Å². The smallest absolute Gasteiger partial charge is 0.862 e. The maximum atomic E-state index is 11.4. The summed E-state index contributed by atoms with van der Waals surface area (Å²) in [7, 11) is -3.88. The van der Waals surface area contributed by atoms with Crippen molar-refractivity contribution in [1.82, 2.24) is 0 Å². The Morgan fingerprint density at radius 1 is 1.05 bits per heavy atom. The molecule has 0 spiro atoms. The van der Waals surface area contributed by atoms with Gasteiger partial charge in [-0.1, -0.05) is 39.0 Å². The van der Waals surface area contributed by atoms with Crippen LogP contribution in [0.4, 0.5) is 0 Å². The van der Waals surface area contributed by atoms with Gasteiger partial charge in [-0.2, -0.15) is 8.42 Å². The maximum absolute atomic E-state index is 11.4. The van der Waals surface area contributed by atoms with Crippen molar-refractivity contribution in [3.63, 3.8) is 0 Å². The van der Waals surface area contributed by atoms with Crippen LogP contribution in [0.2, 0.25) is 0 Å². The fraction of sp³-hybridized carbons (Fsp3) is 0.923. The first-order chi connectivity index (χ1) is 8.95. The Bertz CT molecular complexity index is 344. The van der Waals surface area contributed by atoms with Crippen molar-refractivity contribution in [3.05, 3.63) is 0 Å². The molecule has 5 nitrogen and oxygen atoms in total. The van der Waals surface area contributed by atoms with Gasteiger partial charge < -0.3 is 10.1 Å². The van der Waals surface area contributed by atoms with Gasteiger partial charge >= 0.3 is 51.4 Å². The second-order valence-electron chi connectivity index (χ2n) is 4.79. The SMILES string of the molecule is CCCCCCCCC([O-])=NCCCCS(=O)(=O)O.[K+]. The van der Waals surface area contributed by atoms with Crippen LogP contribution in [-0.2, 0) is 10.1 Å². The zero-order valence-electron chi connectivity index (χ0n) is 12.8. The van der Waals surface area contributed by atoms with Crippen LogP contribution in [0.15, 0.2) is 4.99 Å².